The van der Waals surface area contributed by atoms with Crippen LogP contribution in [-0.4, -0.2) is 28.4 Å². The number of amides is 1. The second kappa shape index (κ2) is 5.30. The highest BCUT2D eigenvalue weighted by atomic mass is 32.1. The predicted octanol–water partition coefficient (Wildman–Crippen LogP) is 2.80. The normalized spacial score (nSPS) is 10.8. The van der Waals surface area contributed by atoms with E-state index in [0.29, 0.717) is 22.0 Å². The number of carbonyl (C=O) groups is 2. The third-order valence-electron chi connectivity index (χ3n) is 2.94. The zero-order valence-corrected chi connectivity index (χ0v) is 12.9. The highest BCUT2D eigenvalue weighted by molar-refractivity contribution is 7.15. The molecule has 108 valence electrons. The molecule has 0 saturated carbocycles. The van der Waals surface area contributed by atoms with Crippen molar-refractivity contribution in [3.8, 4) is 0 Å². The number of aryl methyl sites for hydroxylation is 1. The summed E-state index contributed by atoms with van der Waals surface area (Å²) in [6, 6.07) is 1.68. The lowest BCUT2D eigenvalue weighted by atomic mass is 10.3. The lowest BCUT2D eigenvalue weighted by molar-refractivity contribution is 0.0607. The number of ether oxygens (including phenoxy) is 1. The number of nitrogens with one attached hydrogen (secondary N) is 1. The van der Waals surface area contributed by atoms with Gasteiger partial charge in [0.25, 0.3) is 5.91 Å². The molecule has 3 heterocycles. The van der Waals surface area contributed by atoms with E-state index in [-0.39, 0.29) is 5.91 Å². The smallest absolute Gasteiger partial charge is 0.350 e. The average Bonchev–Trinajstić information content (AvgIpc) is 3.13. The Hall–Kier alpha value is -2.19. The van der Waals surface area contributed by atoms with E-state index in [9.17, 15) is 9.59 Å². The molecule has 0 spiro atoms. The Balaban J connectivity index is 1.94. The summed E-state index contributed by atoms with van der Waals surface area (Å²) in [6.45, 7) is 1.78. The topological polar surface area (TPSA) is 72.7 Å². The van der Waals surface area contributed by atoms with Gasteiger partial charge in [0.1, 0.15) is 10.6 Å². The van der Waals surface area contributed by atoms with E-state index in [1.165, 1.54) is 29.8 Å². The van der Waals surface area contributed by atoms with Crippen LogP contribution < -0.4 is 5.32 Å². The first kappa shape index (κ1) is 13.8. The van der Waals surface area contributed by atoms with Crippen LogP contribution in [0.5, 0.6) is 0 Å². The molecule has 0 bridgehead atoms. The number of fused-ring (bicyclic) bond motifs is 1. The number of imidazole rings is 1. The maximum atomic E-state index is 12.5. The van der Waals surface area contributed by atoms with Gasteiger partial charge < -0.3 is 10.1 Å². The minimum absolute atomic E-state index is 0.304. The van der Waals surface area contributed by atoms with E-state index in [2.05, 4.69) is 10.3 Å². The van der Waals surface area contributed by atoms with Gasteiger partial charge in [-0.05, 0) is 18.4 Å². The van der Waals surface area contributed by atoms with Crippen molar-refractivity contribution in [3.05, 3.63) is 39.3 Å². The third-order valence-corrected chi connectivity index (χ3v) is 4.59. The first-order valence-electron chi connectivity index (χ1n) is 6.01. The molecule has 3 aromatic rings. The maximum absolute atomic E-state index is 12.5. The van der Waals surface area contributed by atoms with E-state index in [4.69, 9.17) is 4.74 Å². The van der Waals surface area contributed by atoms with Crippen LogP contribution in [0.25, 0.3) is 4.96 Å². The van der Waals surface area contributed by atoms with Crippen molar-refractivity contribution in [2.24, 2.45) is 0 Å². The molecule has 3 aromatic heterocycles. The number of thiophene rings is 1. The average molecular weight is 321 g/mol. The van der Waals surface area contributed by atoms with Gasteiger partial charge in [0.15, 0.2) is 4.96 Å². The van der Waals surface area contributed by atoms with E-state index in [1.54, 1.807) is 29.0 Å². The molecule has 8 heteroatoms. The van der Waals surface area contributed by atoms with Crippen LogP contribution in [0.15, 0.2) is 23.0 Å². The molecule has 6 nitrogen and oxygen atoms in total. The monoisotopic (exact) mass is 321 g/mol. The van der Waals surface area contributed by atoms with Crippen molar-refractivity contribution in [1.29, 1.82) is 0 Å². The molecule has 0 radical (unpaired) electrons. The largest absolute Gasteiger partial charge is 0.465 e. The lowest BCUT2D eigenvalue weighted by Crippen LogP contribution is -2.16. The molecule has 0 fully saturated rings. The van der Waals surface area contributed by atoms with Crippen LogP contribution in [0.3, 0.4) is 0 Å². The molecular formula is C13H11N3O3S2. The van der Waals surface area contributed by atoms with Crippen LogP contribution in [0.1, 0.15) is 25.9 Å². The molecule has 0 atom stereocenters. The summed E-state index contributed by atoms with van der Waals surface area (Å²) in [5.41, 5.74) is 1.56. The van der Waals surface area contributed by atoms with Crippen molar-refractivity contribution >= 4 is 45.2 Å². The van der Waals surface area contributed by atoms with Crippen molar-refractivity contribution in [2.45, 2.75) is 6.92 Å². The summed E-state index contributed by atoms with van der Waals surface area (Å²) in [6.07, 6.45) is 1.80. The van der Waals surface area contributed by atoms with E-state index in [0.717, 1.165) is 4.96 Å². The molecule has 0 aliphatic rings. The number of hydrogen-bond donors (Lipinski definition) is 1. The molecule has 0 aliphatic carbocycles. The molecule has 0 unspecified atom stereocenters. The first-order valence-corrected chi connectivity index (χ1v) is 7.77. The fourth-order valence-corrected chi connectivity index (χ4v) is 3.53. The number of methoxy groups -OCH3 is 1. The summed E-state index contributed by atoms with van der Waals surface area (Å²) in [5.74, 6) is -0.770. The fraction of sp³-hybridized carbons (Fsp3) is 0.154. The molecule has 3 rings (SSSR count). The van der Waals surface area contributed by atoms with Gasteiger partial charge in [0.2, 0.25) is 0 Å². The van der Waals surface area contributed by atoms with Crippen LogP contribution in [0.2, 0.25) is 0 Å². The molecule has 0 saturated heterocycles. The molecular weight excluding hydrogens is 310 g/mol. The number of carbonyl (C=O) groups excluding carboxylic acids is 2. The molecule has 1 amide bonds. The molecule has 0 aliphatic heterocycles. The van der Waals surface area contributed by atoms with Gasteiger partial charge >= 0.3 is 5.97 Å². The Morgan fingerprint density at radius 3 is 2.90 bits per heavy atom. The van der Waals surface area contributed by atoms with Gasteiger partial charge in [-0.3, -0.25) is 9.20 Å². The number of anilines is 1. The zero-order chi connectivity index (χ0) is 15.0. The van der Waals surface area contributed by atoms with Crippen LogP contribution in [0, 0.1) is 6.92 Å². The highest BCUT2D eigenvalue weighted by Crippen LogP contribution is 2.25. The van der Waals surface area contributed by atoms with Crippen LogP contribution in [0.4, 0.5) is 5.69 Å². The number of esters is 1. The molecule has 21 heavy (non-hydrogen) atoms. The second-order valence-corrected chi connectivity index (χ2v) is 6.00. The third kappa shape index (κ3) is 2.32. The van der Waals surface area contributed by atoms with E-state index in [1.807, 2.05) is 5.38 Å². The Bertz CT molecular complexity index is 831. The SMILES string of the molecule is COC(=O)c1sccc1NC(=O)c1c(C)nc2sccn12. The molecule has 0 aromatic carbocycles. The van der Waals surface area contributed by atoms with Gasteiger partial charge in [0, 0.05) is 11.6 Å². The number of aromatic nitrogens is 2. The van der Waals surface area contributed by atoms with E-state index >= 15 is 0 Å². The summed E-state index contributed by atoms with van der Waals surface area (Å²) in [5, 5.41) is 6.34. The van der Waals surface area contributed by atoms with Crippen LogP contribution >= 0.6 is 22.7 Å². The summed E-state index contributed by atoms with van der Waals surface area (Å²) in [4.78, 5) is 29.5. The number of nitrogens with zero attached hydrogens (tertiary/aromatic N) is 2. The van der Waals surface area contributed by atoms with Crippen molar-refractivity contribution in [1.82, 2.24) is 9.38 Å². The Morgan fingerprint density at radius 1 is 1.33 bits per heavy atom. The second-order valence-electron chi connectivity index (χ2n) is 4.21. The number of rotatable bonds is 3. The van der Waals surface area contributed by atoms with Crippen molar-refractivity contribution < 1.29 is 14.3 Å². The maximum Gasteiger partial charge on any atom is 0.350 e. The molecule has 1 N–H and O–H groups in total. The lowest BCUT2D eigenvalue weighted by Gasteiger charge is -2.05. The first-order chi connectivity index (χ1) is 10.1. The van der Waals surface area contributed by atoms with Gasteiger partial charge in [0.05, 0.1) is 18.5 Å². The Morgan fingerprint density at radius 2 is 2.14 bits per heavy atom. The standard InChI is InChI=1S/C13H11N3O3S2/c1-7-9(16-4-6-21-13(16)14-7)11(17)15-8-3-5-20-10(8)12(18)19-2/h3-6H,1-2H3,(H,15,17). The fourth-order valence-electron chi connectivity index (χ4n) is 2.01. The summed E-state index contributed by atoms with van der Waals surface area (Å²) < 4.78 is 6.43. The zero-order valence-electron chi connectivity index (χ0n) is 11.2. The van der Waals surface area contributed by atoms with Crippen molar-refractivity contribution in [2.75, 3.05) is 12.4 Å². The summed E-state index contributed by atoms with van der Waals surface area (Å²) in [7, 11) is 1.31. The summed E-state index contributed by atoms with van der Waals surface area (Å²) >= 11 is 2.68. The quantitative estimate of drug-likeness (QED) is 0.753. The predicted molar refractivity (Wildman–Crippen MR) is 81.4 cm³/mol. The number of thiazole rings is 1. The Labute approximate surface area is 128 Å². The van der Waals surface area contributed by atoms with Crippen molar-refractivity contribution in [3.63, 3.8) is 0 Å². The van der Waals surface area contributed by atoms with Gasteiger partial charge in [-0.25, -0.2) is 9.78 Å². The Kier molecular flexibility index (Phi) is 3.48. The minimum atomic E-state index is -0.467. The highest BCUT2D eigenvalue weighted by Gasteiger charge is 2.20. The van der Waals surface area contributed by atoms with Crippen LogP contribution in [-0.2, 0) is 4.74 Å². The van der Waals surface area contributed by atoms with E-state index < -0.39 is 5.97 Å². The van der Waals surface area contributed by atoms with Gasteiger partial charge in [-0.1, -0.05) is 0 Å². The number of hydrogen-bond acceptors (Lipinski definition) is 6. The van der Waals surface area contributed by atoms with Gasteiger partial charge in [-0.15, -0.1) is 22.7 Å². The van der Waals surface area contributed by atoms with Gasteiger partial charge in [-0.2, -0.15) is 0 Å². The minimum Gasteiger partial charge on any atom is -0.465 e.